The normalized spacial score (nSPS) is 23.1. The lowest BCUT2D eigenvalue weighted by molar-refractivity contribution is -0.216. The predicted octanol–water partition coefficient (Wildman–Crippen LogP) is 6.80. The number of phosphoric ester groups is 2. The standard InChI is InChI=1S/C45H74O17P2/c1-3-5-7-9-11-13-15-17-19-21-23-25-27-30-36(46)31-29-33-39(48)60-37(34-58-38(47)32-28-26-24-22-20-18-16-14-12-10-8-6-4-2)35-59-64(56,57)62-45-42(51)40(49)41(50)44(43(45)52)61-63(53,54)55/h5,7-8,10-11,13-14,16-17,19,23,25,27,30,36-37,40-46,49-52H,3-4,6,9,12,15,18,20-22,24,26,28-29,31-35H2,1-2H3,(H,56,57)(H2,53,54,55)/b7-5-,10-8-,13-11-,16-14-,19-17-,25-23-,30-27+/t36?,37-,40?,41?,42?,43?,44-,45+/m1/s1. The molecule has 0 amide bonds. The molecule has 0 aromatic rings. The van der Waals surface area contributed by atoms with Crippen LogP contribution in [0.25, 0.3) is 0 Å². The lowest BCUT2D eigenvalue weighted by Crippen LogP contribution is -2.64. The fourth-order valence-electron chi connectivity index (χ4n) is 6.09. The van der Waals surface area contributed by atoms with Gasteiger partial charge in [-0.1, -0.05) is 125 Å². The molecule has 1 fully saturated rings. The SMILES string of the molecule is CC/C=C\C/C=C\C/C=C\C/C=C\C=C\C(O)CCCC(=O)O[C@H](COC(=O)CCCCCCC/C=C\C/C=C\CCC)COP(=O)(O)O[C@H]1C(O)C(O)C(O)[C@@H](OP(=O)(O)O)C1O. The van der Waals surface area contributed by atoms with Crippen LogP contribution >= 0.6 is 15.6 Å². The molecule has 366 valence electrons. The van der Waals surface area contributed by atoms with Crippen molar-refractivity contribution < 1.29 is 82.0 Å². The van der Waals surface area contributed by atoms with Gasteiger partial charge in [0.05, 0.1) is 12.7 Å². The van der Waals surface area contributed by atoms with Gasteiger partial charge in [0.2, 0.25) is 0 Å². The molecule has 0 spiro atoms. The predicted molar refractivity (Wildman–Crippen MR) is 242 cm³/mol. The molecular formula is C45H74O17P2. The van der Waals surface area contributed by atoms with Crippen LogP contribution in [0.3, 0.4) is 0 Å². The minimum absolute atomic E-state index is 0.0585. The maximum absolute atomic E-state index is 13.0. The zero-order valence-corrected chi connectivity index (χ0v) is 39.1. The number of hydrogen-bond donors (Lipinski definition) is 8. The van der Waals surface area contributed by atoms with Gasteiger partial charge in [-0.3, -0.25) is 23.2 Å². The van der Waals surface area contributed by atoms with Crippen molar-refractivity contribution in [1.29, 1.82) is 0 Å². The Morgan fingerprint density at radius 3 is 1.77 bits per heavy atom. The monoisotopic (exact) mass is 948 g/mol. The molecule has 0 radical (unpaired) electrons. The van der Waals surface area contributed by atoms with Crippen molar-refractivity contribution in [3.05, 3.63) is 85.1 Å². The second-order valence-corrected chi connectivity index (χ2v) is 17.8. The molecule has 0 aromatic heterocycles. The average Bonchev–Trinajstić information content (AvgIpc) is 3.24. The number of rotatable bonds is 35. The van der Waals surface area contributed by atoms with Crippen LogP contribution in [0.4, 0.5) is 0 Å². The van der Waals surface area contributed by atoms with Crippen molar-refractivity contribution in [3.63, 3.8) is 0 Å². The summed E-state index contributed by atoms with van der Waals surface area (Å²) in [6.07, 6.45) is 24.3. The Morgan fingerprint density at radius 2 is 1.14 bits per heavy atom. The van der Waals surface area contributed by atoms with Crippen molar-refractivity contribution in [2.24, 2.45) is 0 Å². The first-order valence-electron chi connectivity index (χ1n) is 22.2. The molecule has 1 aliphatic rings. The zero-order chi connectivity index (χ0) is 47.6. The van der Waals surface area contributed by atoms with Gasteiger partial charge in [-0.25, -0.2) is 9.13 Å². The van der Waals surface area contributed by atoms with Gasteiger partial charge in [-0.2, -0.15) is 0 Å². The maximum atomic E-state index is 13.0. The first kappa shape index (κ1) is 59.2. The van der Waals surface area contributed by atoms with E-state index >= 15 is 0 Å². The summed E-state index contributed by atoms with van der Waals surface area (Å²) in [7, 11) is -10.8. The topological polar surface area (TPSA) is 276 Å². The molecule has 1 aliphatic carbocycles. The number of aliphatic hydroxyl groups is 5. The molecule has 9 atom stereocenters. The Labute approximate surface area is 378 Å². The summed E-state index contributed by atoms with van der Waals surface area (Å²) in [5.41, 5.74) is 0. The van der Waals surface area contributed by atoms with Gasteiger partial charge in [0.25, 0.3) is 0 Å². The van der Waals surface area contributed by atoms with E-state index in [9.17, 15) is 49.1 Å². The number of esters is 2. The van der Waals surface area contributed by atoms with Crippen LogP contribution in [-0.4, -0.2) is 114 Å². The van der Waals surface area contributed by atoms with E-state index in [0.717, 1.165) is 77.0 Å². The smallest absolute Gasteiger partial charge is 0.462 e. The second-order valence-electron chi connectivity index (χ2n) is 15.2. The molecule has 0 aromatic carbocycles. The van der Waals surface area contributed by atoms with E-state index in [1.807, 2.05) is 12.2 Å². The Hall–Kier alpha value is -2.86. The minimum Gasteiger partial charge on any atom is -0.462 e. The fourth-order valence-corrected chi connectivity index (χ4v) is 7.63. The third-order valence-corrected chi connectivity index (χ3v) is 11.0. The summed E-state index contributed by atoms with van der Waals surface area (Å²) in [4.78, 5) is 54.2. The Kier molecular flexibility index (Phi) is 32.7. The largest absolute Gasteiger partial charge is 0.472 e. The lowest BCUT2D eigenvalue weighted by atomic mass is 9.85. The van der Waals surface area contributed by atoms with E-state index in [1.54, 1.807) is 18.2 Å². The van der Waals surface area contributed by atoms with E-state index in [1.165, 1.54) is 0 Å². The van der Waals surface area contributed by atoms with Gasteiger partial charge in [0.15, 0.2) is 6.10 Å². The molecule has 1 saturated carbocycles. The highest BCUT2D eigenvalue weighted by molar-refractivity contribution is 7.47. The number of phosphoric acid groups is 2. The number of hydrogen-bond acceptors (Lipinski definition) is 14. The molecule has 0 aliphatic heterocycles. The highest BCUT2D eigenvalue weighted by Crippen LogP contribution is 2.49. The molecule has 64 heavy (non-hydrogen) atoms. The summed E-state index contributed by atoms with van der Waals surface area (Å²) in [5.74, 6) is -1.44. The third-order valence-electron chi connectivity index (χ3n) is 9.54. The fraction of sp³-hybridized carbons (Fsp3) is 0.644. The van der Waals surface area contributed by atoms with Crippen LogP contribution in [0.15, 0.2) is 85.1 Å². The van der Waals surface area contributed by atoms with E-state index in [4.69, 9.17) is 28.3 Å². The number of carbonyl (C=O) groups excluding carboxylic acids is 2. The van der Waals surface area contributed by atoms with Crippen LogP contribution in [0.1, 0.15) is 123 Å². The van der Waals surface area contributed by atoms with Crippen LogP contribution < -0.4 is 0 Å². The van der Waals surface area contributed by atoms with E-state index in [0.29, 0.717) is 6.42 Å². The van der Waals surface area contributed by atoms with Gasteiger partial charge in [-0.05, 0) is 70.6 Å². The average molecular weight is 949 g/mol. The molecule has 17 nitrogen and oxygen atoms in total. The Morgan fingerprint density at radius 1 is 0.594 bits per heavy atom. The summed E-state index contributed by atoms with van der Waals surface area (Å²) < 4.78 is 49.1. The molecular weight excluding hydrogens is 874 g/mol. The Bertz CT molecular complexity index is 1590. The third kappa shape index (κ3) is 29.6. The number of aliphatic hydroxyl groups excluding tert-OH is 5. The van der Waals surface area contributed by atoms with Gasteiger partial charge < -0.3 is 49.7 Å². The summed E-state index contributed by atoms with van der Waals surface area (Å²) in [5, 5.41) is 51.5. The number of ether oxygens (including phenoxy) is 2. The van der Waals surface area contributed by atoms with Crippen LogP contribution in [0.2, 0.25) is 0 Å². The quantitative estimate of drug-likeness (QED) is 0.0107. The zero-order valence-electron chi connectivity index (χ0n) is 37.3. The van der Waals surface area contributed by atoms with Crippen LogP contribution in [-0.2, 0) is 41.8 Å². The van der Waals surface area contributed by atoms with E-state index < -0.39 is 89.6 Å². The lowest BCUT2D eigenvalue weighted by Gasteiger charge is -2.43. The number of allylic oxidation sites excluding steroid dienone is 13. The van der Waals surface area contributed by atoms with E-state index in [2.05, 4.69) is 73.1 Å². The highest BCUT2D eigenvalue weighted by atomic mass is 31.2. The second kappa shape index (κ2) is 35.3. The van der Waals surface area contributed by atoms with Crippen molar-refractivity contribution in [2.45, 2.75) is 172 Å². The van der Waals surface area contributed by atoms with E-state index in [-0.39, 0.29) is 25.7 Å². The molecule has 8 N–H and O–H groups in total. The van der Waals surface area contributed by atoms with Gasteiger partial charge in [-0.15, -0.1) is 0 Å². The van der Waals surface area contributed by atoms with Crippen molar-refractivity contribution >= 4 is 27.6 Å². The molecule has 19 heteroatoms. The summed E-state index contributed by atoms with van der Waals surface area (Å²) in [6.45, 7) is 2.72. The molecule has 0 heterocycles. The van der Waals surface area contributed by atoms with Crippen molar-refractivity contribution in [3.8, 4) is 0 Å². The summed E-state index contributed by atoms with van der Waals surface area (Å²) in [6, 6.07) is 0. The number of carbonyl (C=O) groups is 2. The highest BCUT2D eigenvalue weighted by Gasteiger charge is 2.54. The van der Waals surface area contributed by atoms with Crippen LogP contribution in [0, 0.1) is 0 Å². The first-order chi connectivity index (χ1) is 30.5. The first-order valence-corrected chi connectivity index (χ1v) is 25.3. The van der Waals surface area contributed by atoms with Crippen molar-refractivity contribution in [1.82, 2.24) is 0 Å². The molecule has 0 saturated heterocycles. The molecule has 6 unspecified atom stereocenters. The Balaban J connectivity index is 2.74. The van der Waals surface area contributed by atoms with Gasteiger partial charge in [0, 0.05) is 12.8 Å². The molecule has 1 rings (SSSR count). The van der Waals surface area contributed by atoms with Gasteiger partial charge >= 0.3 is 27.6 Å². The number of unbranched alkanes of at least 4 members (excludes halogenated alkanes) is 6. The minimum atomic E-state index is -5.39. The van der Waals surface area contributed by atoms with Crippen LogP contribution in [0.5, 0.6) is 0 Å². The molecule has 0 bridgehead atoms. The maximum Gasteiger partial charge on any atom is 0.472 e. The van der Waals surface area contributed by atoms with Gasteiger partial charge in [0.1, 0.15) is 43.2 Å². The summed E-state index contributed by atoms with van der Waals surface area (Å²) >= 11 is 0. The van der Waals surface area contributed by atoms with Crippen molar-refractivity contribution in [2.75, 3.05) is 13.2 Å².